The third-order valence-corrected chi connectivity index (χ3v) is 5.33. The normalized spacial score (nSPS) is 14.3. The molecule has 0 radical (unpaired) electrons. The highest BCUT2D eigenvalue weighted by Crippen LogP contribution is 2.27. The first-order chi connectivity index (χ1) is 14.5. The lowest BCUT2D eigenvalue weighted by atomic mass is 10.1. The number of benzene rings is 2. The standard InChI is InChI=1S/C23H29N3O4/c1-24(16-18-9-10-20(29-2)21(15-18)30-3)22(27)17-25-11-13-26(14-12-25)23(28)19-7-5-4-6-8-19/h4-10,15H,11-14,16-17H2,1-3H3. The third-order valence-electron chi connectivity index (χ3n) is 5.33. The lowest BCUT2D eigenvalue weighted by Gasteiger charge is -2.35. The molecule has 7 heteroatoms. The maximum Gasteiger partial charge on any atom is 0.253 e. The molecule has 1 heterocycles. The van der Waals surface area contributed by atoms with Crippen LogP contribution in [0.1, 0.15) is 15.9 Å². The Bertz CT molecular complexity index is 864. The summed E-state index contributed by atoms with van der Waals surface area (Å²) >= 11 is 0. The van der Waals surface area contributed by atoms with Crippen LogP contribution in [0.25, 0.3) is 0 Å². The number of amides is 2. The molecular weight excluding hydrogens is 382 g/mol. The van der Waals surface area contributed by atoms with Crippen molar-refractivity contribution in [1.82, 2.24) is 14.7 Å². The minimum Gasteiger partial charge on any atom is -0.493 e. The lowest BCUT2D eigenvalue weighted by Crippen LogP contribution is -2.51. The molecule has 2 aromatic carbocycles. The van der Waals surface area contributed by atoms with Crippen LogP contribution in [0.15, 0.2) is 48.5 Å². The van der Waals surface area contributed by atoms with Gasteiger partial charge in [0.05, 0.1) is 20.8 Å². The van der Waals surface area contributed by atoms with Crippen molar-refractivity contribution in [2.45, 2.75) is 6.54 Å². The van der Waals surface area contributed by atoms with Gasteiger partial charge in [-0.3, -0.25) is 14.5 Å². The molecule has 0 aromatic heterocycles. The maximum atomic E-state index is 12.7. The monoisotopic (exact) mass is 411 g/mol. The Balaban J connectivity index is 1.49. The molecule has 0 spiro atoms. The van der Waals surface area contributed by atoms with E-state index in [1.54, 1.807) is 26.2 Å². The number of carbonyl (C=O) groups is 2. The van der Waals surface area contributed by atoms with Crippen molar-refractivity contribution in [2.75, 3.05) is 54.0 Å². The summed E-state index contributed by atoms with van der Waals surface area (Å²) in [6.07, 6.45) is 0. The number of carbonyl (C=O) groups excluding carboxylic acids is 2. The highest BCUT2D eigenvalue weighted by molar-refractivity contribution is 5.94. The van der Waals surface area contributed by atoms with Gasteiger partial charge >= 0.3 is 0 Å². The summed E-state index contributed by atoms with van der Waals surface area (Å²) in [5.74, 6) is 1.41. The van der Waals surface area contributed by atoms with Gasteiger partial charge in [0.25, 0.3) is 5.91 Å². The summed E-state index contributed by atoms with van der Waals surface area (Å²) in [6.45, 7) is 3.46. The van der Waals surface area contributed by atoms with Crippen LogP contribution in [0.3, 0.4) is 0 Å². The fraction of sp³-hybridized carbons (Fsp3) is 0.391. The van der Waals surface area contributed by atoms with E-state index in [-0.39, 0.29) is 11.8 Å². The average molecular weight is 412 g/mol. The van der Waals surface area contributed by atoms with Gasteiger partial charge < -0.3 is 19.3 Å². The summed E-state index contributed by atoms with van der Waals surface area (Å²) < 4.78 is 10.6. The quantitative estimate of drug-likeness (QED) is 0.699. The van der Waals surface area contributed by atoms with Crippen molar-refractivity contribution < 1.29 is 19.1 Å². The average Bonchev–Trinajstić information content (AvgIpc) is 2.79. The van der Waals surface area contributed by atoms with Crippen LogP contribution in [-0.4, -0.2) is 80.5 Å². The van der Waals surface area contributed by atoms with Crippen molar-refractivity contribution in [3.63, 3.8) is 0 Å². The Morgan fingerprint density at radius 1 is 0.933 bits per heavy atom. The van der Waals surface area contributed by atoms with Crippen LogP contribution >= 0.6 is 0 Å². The zero-order chi connectivity index (χ0) is 21.5. The van der Waals surface area contributed by atoms with Crippen molar-refractivity contribution in [3.8, 4) is 11.5 Å². The van der Waals surface area contributed by atoms with Crippen LogP contribution in [0.2, 0.25) is 0 Å². The van der Waals surface area contributed by atoms with Crippen LogP contribution in [0.4, 0.5) is 0 Å². The van der Waals surface area contributed by atoms with Gasteiger partial charge in [-0.05, 0) is 29.8 Å². The second-order valence-electron chi connectivity index (χ2n) is 7.37. The Morgan fingerprint density at radius 3 is 2.23 bits per heavy atom. The summed E-state index contributed by atoms with van der Waals surface area (Å²) in [5.41, 5.74) is 1.68. The van der Waals surface area contributed by atoms with E-state index in [0.717, 1.165) is 5.56 Å². The summed E-state index contributed by atoms with van der Waals surface area (Å²) in [6, 6.07) is 15.0. The highest BCUT2D eigenvalue weighted by atomic mass is 16.5. The summed E-state index contributed by atoms with van der Waals surface area (Å²) in [4.78, 5) is 30.9. The molecule has 160 valence electrons. The first kappa shape index (κ1) is 21.6. The number of ether oxygens (including phenoxy) is 2. The van der Waals surface area contributed by atoms with E-state index in [2.05, 4.69) is 4.90 Å². The molecule has 0 bridgehead atoms. The topological polar surface area (TPSA) is 62.3 Å². The van der Waals surface area contributed by atoms with Crippen molar-refractivity contribution in [1.29, 1.82) is 0 Å². The fourth-order valence-electron chi connectivity index (χ4n) is 3.53. The van der Waals surface area contributed by atoms with Gasteiger partial charge in [0.15, 0.2) is 11.5 Å². The van der Waals surface area contributed by atoms with E-state index >= 15 is 0 Å². The molecule has 2 amide bonds. The second-order valence-corrected chi connectivity index (χ2v) is 7.37. The molecule has 1 aliphatic rings. The molecule has 1 fully saturated rings. The zero-order valence-corrected chi connectivity index (χ0v) is 17.8. The first-order valence-electron chi connectivity index (χ1n) is 10.0. The molecule has 0 saturated carbocycles. The Hall–Kier alpha value is -3.06. The first-order valence-corrected chi connectivity index (χ1v) is 10.0. The number of rotatable bonds is 7. The van der Waals surface area contributed by atoms with E-state index in [1.807, 2.05) is 53.4 Å². The molecule has 3 rings (SSSR count). The number of hydrogen-bond donors (Lipinski definition) is 0. The van der Waals surface area contributed by atoms with Gasteiger partial charge in [-0.15, -0.1) is 0 Å². The second kappa shape index (κ2) is 10.1. The molecular formula is C23H29N3O4. The van der Waals surface area contributed by atoms with E-state index in [4.69, 9.17) is 9.47 Å². The molecule has 0 unspecified atom stereocenters. The van der Waals surface area contributed by atoms with E-state index in [9.17, 15) is 9.59 Å². The minimum atomic E-state index is 0.0483. The smallest absolute Gasteiger partial charge is 0.253 e. The Kier molecular flexibility index (Phi) is 7.30. The number of likely N-dealkylation sites (N-methyl/N-ethyl adjacent to an activating group) is 1. The maximum absolute atomic E-state index is 12.7. The van der Waals surface area contributed by atoms with E-state index < -0.39 is 0 Å². The number of piperazine rings is 1. The fourth-order valence-corrected chi connectivity index (χ4v) is 3.53. The third kappa shape index (κ3) is 5.30. The lowest BCUT2D eigenvalue weighted by molar-refractivity contribution is -0.132. The van der Waals surface area contributed by atoms with Gasteiger partial charge in [-0.25, -0.2) is 0 Å². The van der Waals surface area contributed by atoms with E-state index in [1.165, 1.54) is 0 Å². The molecule has 1 saturated heterocycles. The Labute approximate surface area is 177 Å². The number of methoxy groups -OCH3 is 2. The largest absolute Gasteiger partial charge is 0.493 e. The Morgan fingerprint density at radius 2 is 1.60 bits per heavy atom. The van der Waals surface area contributed by atoms with Crippen molar-refractivity contribution >= 4 is 11.8 Å². The molecule has 30 heavy (non-hydrogen) atoms. The van der Waals surface area contributed by atoms with Crippen LogP contribution in [-0.2, 0) is 11.3 Å². The van der Waals surface area contributed by atoms with Crippen LogP contribution < -0.4 is 9.47 Å². The predicted octanol–water partition coefficient (Wildman–Crippen LogP) is 2.12. The van der Waals surface area contributed by atoms with Gasteiger partial charge in [0.2, 0.25) is 5.91 Å². The van der Waals surface area contributed by atoms with E-state index in [0.29, 0.717) is 56.3 Å². The highest BCUT2D eigenvalue weighted by Gasteiger charge is 2.24. The van der Waals surface area contributed by atoms with Crippen LogP contribution in [0, 0.1) is 0 Å². The minimum absolute atomic E-state index is 0.0483. The summed E-state index contributed by atoms with van der Waals surface area (Å²) in [7, 11) is 4.99. The predicted molar refractivity (Wildman–Crippen MR) is 115 cm³/mol. The molecule has 7 nitrogen and oxygen atoms in total. The molecule has 0 aliphatic carbocycles. The van der Waals surface area contributed by atoms with Gasteiger partial charge in [-0.1, -0.05) is 24.3 Å². The molecule has 1 aliphatic heterocycles. The zero-order valence-electron chi connectivity index (χ0n) is 17.8. The SMILES string of the molecule is COc1ccc(CN(C)C(=O)CN2CCN(C(=O)c3ccccc3)CC2)cc1OC. The number of nitrogens with zero attached hydrogens (tertiary/aromatic N) is 3. The molecule has 0 atom stereocenters. The van der Waals surface area contributed by atoms with Crippen molar-refractivity contribution in [3.05, 3.63) is 59.7 Å². The molecule has 0 N–H and O–H groups in total. The van der Waals surface area contributed by atoms with Crippen LogP contribution in [0.5, 0.6) is 11.5 Å². The molecule has 2 aromatic rings. The number of hydrogen-bond acceptors (Lipinski definition) is 5. The van der Waals surface area contributed by atoms with Gasteiger partial charge in [-0.2, -0.15) is 0 Å². The van der Waals surface area contributed by atoms with Gasteiger partial charge in [0, 0.05) is 45.3 Å². The summed E-state index contributed by atoms with van der Waals surface area (Å²) in [5, 5.41) is 0. The van der Waals surface area contributed by atoms with Crippen molar-refractivity contribution in [2.24, 2.45) is 0 Å². The van der Waals surface area contributed by atoms with Gasteiger partial charge in [0.1, 0.15) is 0 Å².